The first-order chi connectivity index (χ1) is 15.9. The molecule has 2 N–H and O–H groups in total. The number of anilines is 1. The topological polar surface area (TPSA) is 156 Å². The first-order valence-electron chi connectivity index (χ1n) is 10.1. The van der Waals surface area contributed by atoms with Gasteiger partial charge in [-0.1, -0.05) is 36.8 Å². The van der Waals surface area contributed by atoms with E-state index in [-0.39, 0.29) is 45.0 Å². The maximum atomic E-state index is 13.4. The average molecular weight is 500 g/mol. The molecule has 4 rings (SSSR count). The second kappa shape index (κ2) is 8.23. The predicted molar refractivity (Wildman–Crippen MR) is 126 cm³/mol. The molecule has 0 amide bonds. The summed E-state index contributed by atoms with van der Waals surface area (Å²) in [5.41, 5.74) is 6.75. The lowest BCUT2D eigenvalue weighted by atomic mass is 9.69. The Labute approximate surface area is 202 Å². The van der Waals surface area contributed by atoms with Gasteiger partial charge in [0.25, 0.3) is 5.69 Å². The summed E-state index contributed by atoms with van der Waals surface area (Å²) < 4.78 is 0. The van der Waals surface area contributed by atoms with Crippen molar-refractivity contribution in [2.45, 2.75) is 32.6 Å². The molecule has 0 saturated carbocycles. The van der Waals surface area contributed by atoms with Crippen LogP contribution in [0.1, 0.15) is 37.5 Å². The highest BCUT2D eigenvalue weighted by Gasteiger charge is 2.45. The maximum absolute atomic E-state index is 13.4. The van der Waals surface area contributed by atoms with E-state index in [4.69, 9.17) is 17.3 Å². The molecule has 2 heterocycles. The number of nitro benzene ring substituents is 1. The smallest absolute Gasteiger partial charge is 0.324 e. The summed E-state index contributed by atoms with van der Waals surface area (Å²) in [7, 11) is 0. The van der Waals surface area contributed by atoms with Gasteiger partial charge in [-0.15, -0.1) is 0 Å². The number of benzene rings is 1. The molecule has 174 valence electrons. The molecule has 0 radical (unpaired) electrons. The van der Waals surface area contributed by atoms with E-state index in [1.165, 1.54) is 35.2 Å². The lowest BCUT2D eigenvalue weighted by molar-refractivity contribution is -0.384. The Morgan fingerprint density at radius 1 is 1.21 bits per heavy atom. The Morgan fingerprint density at radius 3 is 2.50 bits per heavy atom. The van der Waals surface area contributed by atoms with Crippen molar-refractivity contribution >= 4 is 45.1 Å². The van der Waals surface area contributed by atoms with Crippen LogP contribution < -0.4 is 10.6 Å². The summed E-state index contributed by atoms with van der Waals surface area (Å²) in [4.78, 5) is 36.9. The van der Waals surface area contributed by atoms with Crippen molar-refractivity contribution in [1.82, 2.24) is 0 Å². The fourth-order valence-corrected chi connectivity index (χ4v) is 5.59. The molecule has 1 aromatic carbocycles. The van der Waals surface area contributed by atoms with Crippen molar-refractivity contribution in [2.75, 3.05) is 4.90 Å². The molecule has 10 nitrogen and oxygen atoms in total. The number of Topliss-reactive ketones (excluding diaryl/α,β-unsaturated/α-hetero) is 1. The SMILES string of the molecule is CC1(C)CC(=O)C2=C(C1)N(c1cc([N+](=O)[O-])ccc1Cl)C(N)=C(C#N)C2c1ccc([N+](=O)[O-])s1. The number of hydrogen-bond acceptors (Lipinski definition) is 9. The monoisotopic (exact) mass is 499 g/mol. The molecule has 0 spiro atoms. The van der Waals surface area contributed by atoms with Crippen LogP contribution in [0.2, 0.25) is 5.02 Å². The second-order valence-electron chi connectivity index (χ2n) is 8.81. The Kier molecular flexibility index (Phi) is 5.67. The van der Waals surface area contributed by atoms with Crippen LogP contribution in [-0.4, -0.2) is 15.6 Å². The van der Waals surface area contributed by atoms with Gasteiger partial charge >= 0.3 is 5.00 Å². The average Bonchev–Trinajstić information content (AvgIpc) is 3.23. The first-order valence-corrected chi connectivity index (χ1v) is 11.3. The molecule has 2 aromatic rings. The minimum absolute atomic E-state index is 0.0196. The summed E-state index contributed by atoms with van der Waals surface area (Å²) >= 11 is 7.29. The Morgan fingerprint density at radius 2 is 1.91 bits per heavy atom. The lowest BCUT2D eigenvalue weighted by Crippen LogP contribution is -2.42. The molecular formula is C22H18ClN5O5S. The van der Waals surface area contributed by atoms with Gasteiger partial charge < -0.3 is 5.73 Å². The zero-order valence-electron chi connectivity index (χ0n) is 18.1. The second-order valence-corrected chi connectivity index (χ2v) is 10.3. The number of ketones is 1. The number of allylic oxidation sites excluding steroid dienone is 3. The van der Waals surface area contributed by atoms with E-state index < -0.39 is 21.2 Å². The van der Waals surface area contributed by atoms with E-state index in [2.05, 4.69) is 6.07 Å². The van der Waals surface area contributed by atoms with Crippen molar-refractivity contribution in [3.63, 3.8) is 0 Å². The van der Waals surface area contributed by atoms with Crippen molar-refractivity contribution in [3.05, 3.63) is 83.1 Å². The number of carbonyl (C=O) groups is 1. The van der Waals surface area contributed by atoms with Crippen LogP contribution in [0.25, 0.3) is 0 Å². The van der Waals surface area contributed by atoms with Gasteiger partial charge in [0, 0.05) is 40.8 Å². The number of nitrogens with two attached hydrogens (primary N) is 1. The van der Waals surface area contributed by atoms with E-state index in [1.54, 1.807) is 0 Å². The highest BCUT2D eigenvalue weighted by molar-refractivity contribution is 7.15. The third kappa shape index (κ3) is 3.81. The van der Waals surface area contributed by atoms with Crippen LogP contribution in [0.5, 0.6) is 0 Å². The number of hydrogen-bond donors (Lipinski definition) is 1. The van der Waals surface area contributed by atoms with Crippen molar-refractivity contribution in [2.24, 2.45) is 11.1 Å². The van der Waals surface area contributed by atoms with Gasteiger partial charge in [0.05, 0.1) is 38.1 Å². The fourth-order valence-electron chi connectivity index (χ4n) is 4.45. The largest absolute Gasteiger partial charge is 0.384 e. The maximum Gasteiger partial charge on any atom is 0.324 e. The number of thiophene rings is 1. The predicted octanol–water partition coefficient (Wildman–Crippen LogP) is 5.16. The standard InChI is InChI=1S/C22H18ClN5O5S/c1-22(2)8-15-20(16(29)9-22)19(17-5-6-18(34-17)28(32)33)12(10-24)21(25)26(15)14-7-11(27(30)31)3-4-13(14)23/h3-7,19H,8-9,25H2,1-2H3. The number of rotatable bonds is 4. The van der Waals surface area contributed by atoms with Gasteiger partial charge in [-0.25, -0.2) is 0 Å². The van der Waals surface area contributed by atoms with E-state index in [9.17, 15) is 30.3 Å². The Bertz CT molecular complexity index is 1370. The molecule has 1 unspecified atom stereocenters. The third-order valence-electron chi connectivity index (χ3n) is 5.84. The van der Waals surface area contributed by atoms with Gasteiger partial charge in [-0.3, -0.25) is 29.9 Å². The fraction of sp³-hybridized carbons (Fsp3) is 0.273. The van der Waals surface area contributed by atoms with E-state index >= 15 is 0 Å². The molecule has 0 saturated heterocycles. The molecule has 1 atom stereocenters. The minimum Gasteiger partial charge on any atom is -0.384 e. The number of non-ortho nitro benzene ring substituents is 1. The molecule has 1 aliphatic heterocycles. The third-order valence-corrected chi connectivity index (χ3v) is 7.26. The zero-order chi connectivity index (χ0) is 24.9. The van der Waals surface area contributed by atoms with Gasteiger partial charge in [0.2, 0.25) is 0 Å². The molecule has 0 bridgehead atoms. The van der Waals surface area contributed by atoms with E-state index in [0.717, 1.165) is 11.3 Å². The van der Waals surface area contributed by atoms with Gasteiger partial charge in [0.15, 0.2) is 5.78 Å². The van der Waals surface area contributed by atoms with Gasteiger partial charge in [0.1, 0.15) is 5.82 Å². The highest BCUT2D eigenvalue weighted by atomic mass is 35.5. The van der Waals surface area contributed by atoms with Crippen LogP contribution >= 0.6 is 22.9 Å². The number of nitro groups is 2. The molecule has 2 aliphatic rings. The van der Waals surface area contributed by atoms with Crippen LogP contribution in [-0.2, 0) is 4.79 Å². The molecule has 34 heavy (non-hydrogen) atoms. The van der Waals surface area contributed by atoms with Crippen molar-refractivity contribution < 1.29 is 14.6 Å². The number of nitrogens with zero attached hydrogens (tertiary/aromatic N) is 4. The normalized spacial score (nSPS) is 19.6. The summed E-state index contributed by atoms with van der Waals surface area (Å²) in [6.07, 6.45) is 0.571. The first kappa shape index (κ1) is 23.4. The summed E-state index contributed by atoms with van der Waals surface area (Å²) in [5, 5.41) is 32.7. The van der Waals surface area contributed by atoms with Crippen LogP contribution in [0, 0.1) is 37.0 Å². The quantitative estimate of drug-likeness (QED) is 0.446. The Balaban J connectivity index is 2.02. The minimum atomic E-state index is -0.879. The summed E-state index contributed by atoms with van der Waals surface area (Å²) in [6.45, 7) is 3.82. The molecule has 0 fully saturated rings. The summed E-state index contributed by atoms with van der Waals surface area (Å²) in [6, 6.07) is 8.76. The van der Waals surface area contributed by atoms with Crippen molar-refractivity contribution in [1.29, 1.82) is 5.26 Å². The van der Waals surface area contributed by atoms with Crippen molar-refractivity contribution in [3.8, 4) is 6.07 Å². The van der Waals surface area contributed by atoms with Crippen LogP contribution in [0.4, 0.5) is 16.4 Å². The van der Waals surface area contributed by atoms with Crippen LogP contribution in [0.15, 0.2) is 53.0 Å². The summed E-state index contributed by atoms with van der Waals surface area (Å²) in [5.74, 6) is -1.13. The van der Waals surface area contributed by atoms with Gasteiger partial charge in [-0.2, -0.15) is 5.26 Å². The Hall–Kier alpha value is -3.75. The van der Waals surface area contributed by atoms with E-state index in [1.807, 2.05) is 13.8 Å². The molecule has 12 heteroatoms. The van der Waals surface area contributed by atoms with E-state index in [0.29, 0.717) is 22.6 Å². The highest BCUT2D eigenvalue weighted by Crippen LogP contribution is 2.52. The number of nitriles is 1. The van der Waals surface area contributed by atoms with Gasteiger partial charge in [-0.05, 0) is 24.0 Å². The zero-order valence-corrected chi connectivity index (χ0v) is 19.6. The molecule has 1 aromatic heterocycles. The lowest BCUT2D eigenvalue weighted by Gasteiger charge is -2.43. The number of carbonyl (C=O) groups excluding carboxylic acids is 1. The molecule has 1 aliphatic carbocycles. The number of halogens is 1. The van der Waals surface area contributed by atoms with Crippen LogP contribution in [0.3, 0.4) is 0 Å². The molecular weight excluding hydrogens is 482 g/mol.